The molecule has 294 valence electrons. The number of aromatic nitrogens is 2. The third-order valence-corrected chi connectivity index (χ3v) is 11.8. The van der Waals surface area contributed by atoms with E-state index in [0.717, 1.165) is 84.3 Å². The van der Waals surface area contributed by atoms with Gasteiger partial charge in [0.25, 0.3) is 0 Å². The van der Waals surface area contributed by atoms with Gasteiger partial charge in [-0.3, -0.25) is 0 Å². The van der Waals surface area contributed by atoms with E-state index in [1.165, 1.54) is 12.1 Å². The van der Waals surface area contributed by atoms with E-state index in [2.05, 4.69) is 12.1 Å². The number of nitrogens with zero attached hydrogens (tertiary/aromatic N) is 2. The van der Waals surface area contributed by atoms with Gasteiger partial charge in [0.15, 0.2) is 0 Å². The Balaban J connectivity index is 1.37. The van der Waals surface area contributed by atoms with Crippen molar-refractivity contribution in [3.63, 3.8) is 0 Å². The number of benzene rings is 8. The van der Waals surface area contributed by atoms with Gasteiger partial charge in [-0.05, 0) is 121 Å². The van der Waals surface area contributed by atoms with Gasteiger partial charge < -0.3 is 9.13 Å². The zero-order valence-electron chi connectivity index (χ0n) is 33.2. The van der Waals surface area contributed by atoms with E-state index in [4.69, 9.17) is 0 Å². The zero-order chi connectivity index (χ0) is 41.6. The van der Waals surface area contributed by atoms with Gasteiger partial charge in [0.2, 0.25) is 0 Å². The molecular weight excluding hydrogens is 760 g/mol. The summed E-state index contributed by atoms with van der Waals surface area (Å²) in [4.78, 5) is 0. The first-order chi connectivity index (χ1) is 28.8. The normalized spacial score (nSPS) is 12.1. The van der Waals surface area contributed by atoms with Crippen LogP contribution in [0.5, 0.6) is 0 Å². The van der Waals surface area contributed by atoms with Gasteiger partial charge >= 0.3 is 6.18 Å². The molecule has 2 nitrogen and oxygen atoms in total. The lowest BCUT2D eigenvalue weighted by atomic mass is 9.97. The van der Waals surface area contributed by atoms with Crippen LogP contribution >= 0.6 is 0 Å². The van der Waals surface area contributed by atoms with Crippen LogP contribution in [0.15, 0.2) is 152 Å². The Bertz CT molecular complexity index is 3170. The monoisotopic (exact) mass is 796 g/mol. The van der Waals surface area contributed by atoms with Gasteiger partial charge in [-0.15, -0.1) is 0 Å². The molecule has 2 aromatic heterocycles. The van der Waals surface area contributed by atoms with Gasteiger partial charge in [0, 0.05) is 27.6 Å². The van der Waals surface area contributed by atoms with Crippen LogP contribution in [-0.2, 0) is 6.18 Å². The third-order valence-electron chi connectivity index (χ3n) is 11.8. The minimum Gasteiger partial charge on any atom is -0.309 e. The SMILES string of the molecule is Cc1ccc(-c2ccc3c4ccccc4n(-c4cc(-c5cc(F)cc(F)c5)cc(-n5c6ccccc6c6ccc(-c7ccc(C)cc7C)cc65)c4C(F)(F)F)c3c2)c(C)c1. The second kappa shape index (κ2) is 13.8. The molecule has 0 spiro atoms. The fourth-order valence-corrected chi connectivity index (χ4v) is 9.21. The number of fused-ring (bicyclic) bond motifs is 6. The molecule has 0 bridgehead atoms. The molecule has 7 heteroatoms. The van der Waals surface area contributed by atoms with Gasteiger partial charge in [-0.25, -0.2) is 8.78 Å². The van der Waals surface area contributed by atoms with Gasteiger partial charge in [0.1, 0.15) is 17.2 Å². The predicted molar refractivity (Wildman–Crippen MR) is 235 cm³/mol. The van der Waals surface area contributed by atoms with E-state index in [1.807, 2.05) is 137 Å². The summed E-state index contributed by atoms with van der Waals surface area (Å²) < 4.78 is 82.9. The van der Waals surface area contributed by atoms with Crippen LogP contribution in [-0.4, -0.2) is 9.13 Å². The molecule has 60 heavy (non-hydrogen) atoms. The molecule has 10 aromatic rings. The van der Waals surface area contributed by atoms with Crippen molar-refractivity contribution in [1.82, 2.24) is 9.13 Å². The summed E-state index contributed by atoms with van der Waals surface area (Å²) in [5.41, 5.74) is 9.26. The molecular formula is C53H37F5N2. The highest BCUT2D eigenvalue weighted by Gasteiger charge is 2.39. The molecule has 8 aromatic carbocycles. The lowest BCUT2D eigenvalue weighted by Gasteiger charge is -2.23. The van der Waals surface area contributed by atoms with E-state index in [9.17, 15) is 0 Å². The average Bonchev–Trinajstić information content (AvgIpc) is 3.71. The van der Waals surface area contributed by atoms with Crippen molar-refractivity contribution in [2.24, 2.45) is 0 Å². The Morgan fingerprint density at radius 2 is 0.800 bits per heavy atom. The highest BCUT2D eigenvalue weighted by atomic mass is 19.4. The van der Waals surface area contributed by atoms with Crippen molar-refractivity contribution in [3.05, 3.63) is 191 Å². The molecule has 0 aliphatic heterocycles. The summed E-state index contributed by atoms with van der Waals surface area (Å²) in [7, 11) is 0. The zero-order valence-corrected chi connectivity index (χ0v) is 33.2. The molecule has 0 radical (unpaired) electrons. The Morgan fingerprint density at radius 1 is 0.383 bits per heavy atom. The van der Waals surface area contributed by atoms with Crippen LogP contribution in [0.25, 0.3) is 88.4 Å². The van der Waals surface area contributed by atoms with Crippen LogP contribution in [0, 0.1) is 39.3 Å². The topological polar surface area (TPSA) is 9.86 Å². The fraction of sp³-hybridized carbons (Fsp3) is 0.0943. The van der Waals surface area contributed by atoms with Gasteiger partial charge in [-0.1, -0.05) is 108 Å². The molecule has 0 unspecified atom stereocenters. The van der Waals surface area contributed by atoms with Crippen LogP contribution in [0.2, 0.25) is 0 Å². The molecule has 0 aliphatic carbocycles. The largest absolute Gasteiger partial charge is 0.420 e. The Labute approximate surface area is 343 Å². The first-order valence-corrected chi connectivity index (χ1v) is 19.8. The highest BCUT2D eigenvalue weighted by Crippen LogP contribution is 2.47. The van der Waals surface area contributed by atoms with Gasteiger partial charge in [0.05, 0.1) is 33.4 Å². The smallest absolute Gasteiger partial charge is 0.309 e. The number of hydrogen-bond acceptors (Lipinski definition) is 0. The molecule has 0 atom stereocenters. The molecule has 0 aliphatic rings. The molecule has 0 saturated carbocycles. The van der Waals surface area contributed by atoms with E-state index in [-0.39, 0.29) is 22.5 Å². The maximum absolute atomic E-state index is 16.5. The van der Waals surface area contributed by atoms with Gasteiger partial charge in [-0.2, -0.15) is 13.2 Å². The maximum Gasteiger partial charge on any atom is 0.420 e. The van der Waals surface area contributed by atoms with Crippen LogP contribution in [0.3, 0.4) is 0 Å². The molecule has 0 amide bonds. The number of hydrogen-bond donors (Lipinski definition) is 0. The first-order valence-electron chi connectivity index (χ1n) is 19.8. The number of rotatable bonds is 5. The van der Waals surface area contributed by atoms with Crippen molar-refractivity contribution >= 4 is 43.6 Å². The van der Waals surface area contributed by atoms with E-state index in [0.29, 0.717) is 22.1 Å². The number of para-hydroxylation sites is 2. The molecule has 10 rings (SSSR count). The van der Waals surface area contributed by atoms with E-state index >= 15 is 22.0 Å². The summed E-state index contributed by atoms with van der Waals surface area (Å²) in [5.74, 6) is -1.67. The second-order valence-electron chi connectivity index (χ2n) is 15.9. The summed E-state index contributed by atoms with van der Waals surface area (Å²) in [6.07, 6.45) is -4.90. The Morgan fingerprint density at radius 3 is 1.23 bits per heavy atom. The fourth-order valence-electron chi connectivity index (χ4n) is 9.21. The minimum absolute atomic E-state index is 0.109. The molecule has 0 saturated heterocycles. The predicted octanol–water partition coefficient (Wildman–Crippen LogP) is 15.4. The average molecular weight is 797 g/mol. The Kier molecular flexibility index (Phi) is 8.58. The van der Waals surface area contributed by atoms with Crippen LogP contribution in [0.1, 0.15) is 27.8 Å². The summed E-state index contributed by atoms with van der Waals surface area (Å²) >= 11 is 0. The van der Waals surface area contributed by atoms with Crippen molar-refractivity contribution in [3.8, 4) is 44.8 Å². The highest BCUT2D eigenvalue weighted by molar-refractivity contribution is 6.12. The first kappa shape index (κ1) is 37.3. The standard InChI is InChI=1S/C53H37F5N2/c1-30-13-17-40(32(3)21-30)34-15-19-44-42-9-5-7-11-46(42)59(48(44)25-34)50-27-37(36-23-38(54)29-39(55)24-36)28-51(52(50)53(56,57)58)60-47-12-8-6-10-43(47)45-20-16-35(26-49(45)60)41-18-14-31(2)22-33(41)4/h5-29H,1-4H3. The molecule has 0 fully saturated rings. The number of aryl methyl sites for hydroxylation is 4. The van der Waals surface area contributed by atoms with Crippen LogP contribution in [0.4, 0.5) is 22.0 Å². The van der Waals surface area contributed by atoms with Crippen molar-refractivity contribution < 1.29 is 22.0 Å². The van der Waals surface area contributed by atoms with Crippen LogP contribution < -0.4 is 0 Å². The molecule has 0 N–H and O–H groups in total. The summed E-state index contributed by atoms with van der Waals surface area (Å²) in [6.45, 7) is 8.09. The van der Waals surface area contributed by atoms with E-state index < -0.39 is 23.4 Å². The number of halogens is 5. The maximum atomic E-state index is 16.5. The van der Waals surface area contributed by atoms with Crippen molar-refractivity contribution in [1.29, 1.82) is 0 Å². The Hall–Kier alpha value is -6.99. The number of alkyl halides is 3. The minimum atomic E-state index is -4.90. The summed E-state index contributed by atoms with van der Waals surface area (Å²) in [5, 5.41) is 3.08. The quantitative estimate of drug-likeness (QED) is 0.154. The second-order valence-corrected chi connectivity index (χ2v) is 15.9. The summed E-state index contributed by atoms with van der Waals surface area (Å²) in [6, 6.07) is 44.8. The van der Waals surface area contributed by atoms with Crippen molar-refractivity contribution in [2.75, 3.05) is 0 Å². The van der Waals surface area contributed by atoms with E-state index in [1.54, 1.807) is 9.13 Å². The van der Waals surface area contributed by atoms with Crippen molar-refractivity contribution in [2.45, 2.75) is 33.9 Å². The third kappa shape index (κ3) is 6.07. The lowest BCUT2D eigenvalue weighted by Crippen LogP contribution is -2.16. The molecule has 2 heterocycles. The lowest BCUT2D eigenvalue weighted by molar-refractivity contribution is -0.137.